The SMILES string of the molecule is CCNC(C)c1ccc(SC(C)(C)C)c(Cl)c1. The third-order valence-corrected chi connectivity index (χ3v) is 4.00. The molecule has 1 unspecified atom stereocenters. The van der Waals surface area contributed by atoms with Gasteiger partial charge in [-0.25, -0.2) is 0 Å². The van der Waals surface area contributed by atoms with Gasteiger partial charge in [0.05, 0.1) is 5.02 Å². The van der Waals surface area contributed by atoms with E-state index in [0.717, 1.165) is 16.5 Å². The summed E-state index contributed by atoms with van der Waals surface area (Å²) in [7, 11) is 0. The Morgan fingerprint density at radius 3 is 2.47 bits per heavy atom. The maximum absolute atomic E-state index is 6.33. The zero-order chi connectivity index (χ0) is 13.1. The highest BCUT2D eigenvalue weighted by atomic mass is 35.5. The van der Waals surface area contributed by atoms with Crippen molar-refractivity contribution in [2.24, 2.45) is 0 Å². The highest BCUT2D eigenvalue weighted by Crippen LogP contribution is 2.37. The Bertz CT molecular complexity index is 371. The van der Waals surface area contributed by atoms with Crippen molar-refractivity contribution < 1.29 is 0 Å². The van der Waals surface area contributed by atoms with Crippen LogP contribution in [-0.2, 0) is 0 Å². The average molecular weight is 272 g/mol. The topological polar surface area (TPSA) is 12.0 Å². The van der Waals surface area contributed by atoms with Crippen molar-refractivity contribution in [1.82, 2.24) is 5.32 Å². The Morgan fingerprint density at radius 2 is 2.00 bits per heavy atom. The molecule has 0 radical (unpaired) electrons. The van der Waals surface area contributed by atoms with E-state index in [4.69, 9.17) is 11.6 Å². The maximum Gasteiger partial charge on any atom is 0.0545 e. The molecule has 0 spiro atoms. The molecule has 0 fully saturated rings. The lowest BCUT2D eigenvalue weighted by molar-refractivity contribution is 0.598. The molecular weight excluding hydrogens is 250 g/mol. The number of hydrogen-bond donors (Lipinski definition) is 1. The van der Waals surface area contributed by atoms with Crippen molar-refractivity contribution in [2.45, 2.75) is 50.3 Å². The third-order valence-electron chi connectivity index (χ3n) is 2.38. The standard InChI is InChI=1S/C14H22ClNS/c1-6-16-10(2)11-7-8-13(12(15)9-11)17-14(3,4)5/h7-10,16H,6H2,1-5H3. The summed E-state index contributed by atoms with van der Waals surface area (Å²) in [4.78, 5) is 1.16. The molecule has 0 aliphatic rings. The smallest absolute Gasteiger partial charge is 0.0545 e. The normalized spacial score (nSPS) is 13.8. The highest BCUT2D eigenvalue weighted by Gasteiger charge is 2.15. The molecule has 0 saturated heterocycles. The maximum atomic E-state index is 6.33. The van der Waals surface area contributed by atoms with Gasteiger partial charge in [-0.1, -0.05) is 45.4 Å². The van der Waals surface area contributed by atoms with Crippen LogP contribution < -0.4 is 5.32 Å². The molecule has 1 atom stereocenters. The zero-order valence-electron chi connectivity index (χ0n) is 11.3. The Morgan fingerprint density at radius 1 is 1.35 bits per heavy atom. The van der Waals surface area contributed by atoms with Crippen molar-refractivity contribution in [2.75, 3.05) is 6.54 Å². The molecule has 0 aliphatic carbocycles. The predicted molar refractivity (Wildman–Crippen MR) is 79.2 cm³/mol. The fourth-order valence-electron chi connectivity index (χ4n) is 1.62. The van der Waals surface area contributed by atoms with Crippen LogP contribution in [0, 0.1) is 0 Å². The molecule has 0 bridgehead atoms. The van der Waals surface area contributed by atoms with E-state index in [1.807, 2.05) is 11.8 Å². The minimum Gasteiger partial charge on any atom is -0.310 e. The Balaban J connectivity index is 2.86. The van der Waals surface area contributed by atoms with Crippen LogP contribution in [0.4, 0.5) is 0 Å². The van der Waals surface area contributed by atoms with E-state index in [-0.39, 0.29) is 4.75 Å². The summed E-state index contributed by atoms with van der Waals surface area (Å²) in [6.07, 6.45) is 0. The molecule has 0 amide bonds. The van der Waals surface area contributed by atoms with Gasteiger partial charge in [0.25, 0.3) is 0 Å². The molecule has 1 aromatic carbocycles. The first kappa shape index (κ1) is 14.9. The van der Waals surface area contributed by atoms with Gasteiger partial charge in [-0.3, -0.25) is 0 Å². The van der Waals surface area contributed by atoms with Gasteiger partial charge in [0.2, 0.25) is 0 Å². The fraction of sp³-hybridized carbons (Fsp3) is 0.571. The lowest BCUT2D eigenvalue weighted by Crippen LogP contribution is -2.17. The molecule has 0 aliphatic heterocycles. The van der Waals surface area contributed by atoms with Crippen molar-refractivity contribution in [3.8, 4) is 0 Å². The van der Waals surface area contributed by atoms with Gasteiger partial charge in [0, 0.05) is 15.7 Å². The van der Waals surface area contributed by atoms with Gasteiger partial charge < -0.3 is 5.32 Å². The van der Waals surface area contributed by atoms with Gasteiger partial charge >= 0.3 is 0 Å². The number of hydrogen-bond acceptors (Lipinski definition) is 2. The first-order chi connectivity index (χ1) is 7.83. The van der Waals surface area contributed by atoms with Crippen LogP contribution in [0.1, 0.15) is 46.2 Å². The average Bonchev–Trinajstić information content (AvgIpc) is 2.19. The van der Waals surface area contributed by atoms with E-state index in [0.29, 0.717) is 6.04 Å². The van der Waals surface area contributed by atoms with Crippen LogP contribution in [0.25, 0.3) is 0 Å². The van der Waals surface area contributed by atoms with Gasteiger partial charge in [-0.2, -0.15) is 0 Å². The molecule has 1 aromatic rings. The first-order valence-electron chi connectivity index (χ1n) is 6.05. The molecular formula is C14H22ClNS. The minimum absolute atomic E-state index is 0.193. The summed E-state index contributed by atoms with van der Waals surface area (Å²) in [5.74, 6) is 0. The lowest BCUT2D eigenvalue weighted by atomic mass is 10.1. The second kappa shape index (κ2) is 6.12. The number of rotatable bonds is 4. The van der Waals surface area contributed by atoms with Gasteiger partial charge in [0.1, 0.15) is 0 Å². The minimum atomic E-state index is 0.193. The quantitative estimate of drug-likeness (QED) is 0.782. The van der Waals surface area contributed by atoms with E-state index in [1.165, 1.54) is 5.56 Å². The van der Waals surface area contributed by atoms with E-state index < -0.39 is 0 Å². The molecule has 0 saturated carbocycles. The Kier molecular flexibility index (Phi) is 5.36. The monoisotopic (exact) mass is 271 g/mol. The highest BCUT2D eigenvalue weighted by molar-refractivity contribution is 8.00. The van der Waals surface area contributed by atoms with Crippen LogP contribution >= 0.6 is 23.4 Å². The van der Waals surface area contributed by atoms with E-state index in [2.05, 4.69) is 58.1 Å². The van der Waals surface area contributed by atoms with Crippen LogP contribution in [0.2, 0.25) is 5.02 Å². The van der Waals surface area contributed by atoms with Crippen LogP contribution in [0.3, 0.4) is 0 Å². The summed E-state index contributed by atoms with van der Waals surface area (Å²) in [5.41, 5.74) is 1.25. The van der Waals surface area contributed by atoms with Gasteiger partial charge in [-0.15, -0.1) is 11.8 Å². The predicted octanol–water partition coefficient (Wildman–Crippen LogP) is 4.90. The fourth-order valence-corrected chi connectivity index (χ4v) is 2.88. The molecule has 0 heterocycles. The summed E-state index contributed by atoms with van der Waals surface area (Å²) < 4.78 is 0.193. The third kappa shape index (κ3) is 4.90. The second-order valence-electron chi connectivity index (χ2n) is 5.18. The van der Waals surface area contributed by atoms with Crippen molar-refractivity contribution in [3.05, 3.63) is 28.8 Å². The summed E-state index contributed by atoms with van der Waals surface area (Å²) >= 11 is 8.14. The largest absolute Gasteiger partial charge is 0.310 e. The molecule has 17 heavy (non-hydrogen) atoms. The van der Waals surface area contributed by atoms with Gasteiger partial charge in [-0.05, 0) is 31.2 Å². The molecule has 1 N–H and O–H groups in total. The number of thioether (sulfide) groups is 1. The van der Waals surface area contributed by atoms with Crippen LogP contribution in [-0.4, -0.2) is 11.3 Å². The van der Waals surface area contributed by atoms with E-state index in [1.54, 1.807) is 0 Å². The van der Waals surface area contributed by atoms with Crippen molar-refractivity contribution >= 4 is 23.4 Å². The summed E-state index contributed by atoms with van der Waals surface area (Å²) in [6.45, 7) is 11.8. The first-order valence-corrected chi connectivity index (χ1v) is 7.25. The lowest BCUT2D eigenvalue weighted by Gasteiger charge is -2.20. The summed E-state index contributed by atoms with van der Waals surface area (Å²) in [5, 5.41) is 4.25. The molecule has 1 rings (SSSR count). The molecule has 3 heteroatoms. The Hall–Kier alpha value is -0.180. The van der Waals surface area contributed by atoms with Crippen LogP contribution in [0.5, 0.6) is 0 Å². The molecule has 0 aromatic heterocycles. The molecule has 96 valence electrons. The summed E-state index contributed by atoms with van der Waals surface area (Å²) in [6, 6.07) is 6.71. The van der Waals surface area contributed by atoms with E-state index >= 15 is 0 Å². The molecule has 1 nitrogen and oxygen atoms in total. The van der Waals surface area contributed by atoms with E-state index in [9.17, 15) is 0 Å². The Labute approximate surface area is 114 Å². The van der Waals surface area contributed by atoms with Crippen molar-refractivity contribution in [3.63, 3.8) is 0 Å². The van der Waals surface area contributed by atoms with Gasteiger partial charge in [0.15, 0.2) is 0 Å². The van der Waals surface area contributed by atoms with Crippen molar-refractivity contribution in [1.29, 1.82) is 0 Å². The number of benzene rings is 1. The number of halogens is 1. The zero-order valence-corrected chi connectivity index (χ0v) is 12.9. The number of nitrogens with one attached hydrogen (secondary N) is 1. The van der Waals surface area contributed by atoms with Crippen LogP contribution in [0.15, 0.2) is 23.1 Å². The second-order valence-corrected chi connectivity index (χ2v) is 7.46.